The highest BCUT2D eigenvalue weighted by molar-refractivity contribution is 5.84. The van der Waals surface area contributed by atoms with Gasteiger partial charge in [-0.15, -0.1) is 0 Å². The molecule has 1 N–H and O–H groups in total. The van der Waals surface area contributed by atoms with Gasteiger partial charge < -0.3 is 4.74 Å². The number of ether oxygens (including phenoxy) is 1. The van der Waals surface area contributed by atoms with Crippen molar-refractivity contribution in [2.24, 2.45) is 0 Å². The fourth-order valence-corrected chi connectivity index (χ4v) is 1.89. The average molecular weight is 302 g/mol. The standard InChI is InChI=1S/C17H19FN2O2/c1-17(2,3)22-16(21)20-14-8-9-19-15(11-14)10-12-4-6-13(18)7-5-12/h4-9,11H,10H2,1-3H3,(H,19,20,21). The van der Waals surface area contributed by atoms with Crippen LogP contribution in [0.4, 0.5) is 14.9 Å². The quantitative estimate of drug-likeness (QED) is 0.926. The topological polar surface area (TPSA) is 51.2 Å². The lowest BCUT2D eigenvalue weighted by Gasteiger charge is -2.19. The highest BCUT2D eigenvalue weighted by Gasteiger charge is 2.16. The summed E-state index contributed by atoms with van der Waals surface area (Å²) in [6.45, 7) is 5.41. The summed E-state index contributed by atoms with van der Waals surface area (Å²) in [4.78, 5) is 16.0. The summed E-state index contributed by atoms with van der Waals surface area (Å²) >= 11 is 0. The number of pyridine rings is 1. The number of rotatable bonds is 3. The minimum Gasteiger partial charge on any atom is -0.444 e. The van der Waals surface area contributed by atoms with Gasteiger partial charge in [-0.05, 0) is 50.6 Å². The Balaban J connectivity index is 2.03. The van der Waals surface area contributed by atoms with Gasteiger partial charge in [0, 0.05) is 24.0 Å². The molecule has 0 atom stereocenters. The summed E-state index contributed by atoms with van der Waals surface area (Å²) in [5, 5.41) is 2.67. The van der Waals surface area contributed by atoms with Crippen LogP contribution in [0.25, 0.3) is 0 Å². The molecule has 0 saturated heterocycles. The fourth-order valence-electron chi connectivity index (χ4n) is 1.89. The van der Waals surface area contributed by atoms with Crippen molar-refractivity contribution < 1.29 is 13.9 Å². The number of nitrogens with one attached hydrogen (secondary N) is 1. The van der Waals surface area contributed by atoms with Crippen LogP contribution in [0.5, 0.6) is 0 Å². The maximum Gasteiger partial charge on any atom is 0.412 e. The molecule has 5 heteroatoms. The summed E-state index contributed by atoms with van der Waals surface area (Å²) in [5.41, 5.74) is 1.79. The molecule has 1 aromatic carbocycles. The second-order valence-electron chi connectivity index (χ2n) is 5.97. The minimum atomic E-state index is -0.548. The number of aromatic nitrogens is 1. The van der Waals surface area contributed by atoms with Crippen LogP contribution >= 0.6 is 0 Å². The number of nitrogens with zero attached hydrogens (tertiary/aromatic N) is 1. The number of hydrogen-bond acceptors (Lipinski definition) is 3. The van der Waals surface area contributed by atoms with Gasteiger partial charge in [-0.3, -0.25) is 10.3 Å². The second-order valence-corrected chi connectivity index (χ2v) is 5.97. The minimum absolute atomic E-state index is 0.267. The molecule has 0 aliphatic carbocycles. The Morgan fingerprint density at radius 3 is 2.55 bits per heavy atom. The first-order valence-electron chi connectivity index (χ1n) is 7.01. The number of anilines is 1. The van der Waals surface area contributed by atoms with Crippen molar-refractivity contribution in [2.45, 2.75) is 32.8 Å². The van der Waals surface area contributed by atoms with E-state index < -0.39 is 11.7 Å². The molecule has 0 aliphatic heterocycles. The van der Waals surface area contributed by atoms with Crippen LogP contribution in [0.2, 0.25) is 0 Å². The first kappa shape index (κ1) is 15.9. The van der Waals surface area contributed by atoms with E-state index in [0.29, 0.717) is 12.1 Å². The van der Waals surface area contributed by atoms with E-state index in [2.05, 4.69) is 10.3 Å². The Labute approximate surface area is 129 Å². The summed E-state index contributed by atoms with van der Waals surface area (Å²) in [6.07, 6.45) is 1.67. The van der Waals surface area contributed by atoms with Crippen molar-refractivity contribution in [1.82, 2.24) is 4.98 Å². The largest absolute Gasteiger partial charge is 0.444 e. The first-order valence-corrected chi connectivity index (χ1v) is 7.01. The van der Waals surface area contributed by atoms with E-state index in [4.69, 9.17) is 4.74 Å². The van der Waals surface area contributed by atoms with Crippen LogP contribution < -0.4 is 5.32 Å². The zero-order valence-corrected chi connectivity index (χ0v) is 12.9. The number of carbonyl (C=O) groups excluding carboxylic acids is 1. The molecule has 116 valence electrons. The van der Waals surface area contributed by atoms with Crippen LogP contribution in [0, 0.1) is 5.82 Å². The molecular formula is C17H19FN2O2. The van der Waals surface area contributed by atoms with E-state index in [1.165, 1.54) is 12.1 Å². The highest BCUT2D eigenvalue weighted by Crippen LogP contribution is 2.15. The van der Waals surface area contributed by atoms with Crippen LogP contribution in [-0.4, -0.2) is 16.7 Å². The zero-order chi connectivity index (χ0) is 16.2. The summed E-state index contributed by atoms with van der Waals surface area (Å²) in [7, 11) is 0. The van der Waals surface area contributed by atoms with E-state index >= 15 is 0 Å². The third-order valence-corrected chi connectivity index (χ3v) is 2.76. The van der Waals surface area contributed by atoms with E-state index in [-0.39, 0.29) is 5.82 Å². The lowest BCUT2D eigenvalue weighted by atomic mass is 10.1. The molecule has 0 saturated carbocycles. The van der Waals surface area contributed by atoms with Crippen LogP contribution in [-0.2, 0) is 11.2 Å². The normalized spacial score (nSPS) is 11.1. The van der Waals surface area contributed by atoms with E-state index in [0.717, 1.165) is 11.3 Å². The van der Waals surface area contributed by atoms with Crippen molar-refractivity contribution >= 4 is 11.8 Å². The molecule has 1 aromatic heterocycles. The Morgan fingerprint density at radius 2 is 1.91 bits per heavy atom. The molecule has 0 unspecified atom stereocenters. The summed E-state index contributed by atoms with van der Waals surface area (Å²) < 4.78 is 18.1. The van der Waals surface area contributed by atoms with Gasteiger partial charge in [-0.25, -0.2) is 9.18 Å². The van der Waals surface area contributed by atoms with Gasteiger partial charge in [0.1, 0.15) is 11.4 Å². The van der Waals surface area contributed by atoms with Crippen LogP contribution in [0.1, 0.15) is 32.0 Å². The average Bonchev–Trinajstić information content (AvgIpc) is 2.39. The molecule has 2 rings (SSSR count). The Hall–Kier alpha value is -2.43. The SMILES string of the molecule is CC(C)(C)OC(=O)Nc1ccnc(Cc2ccc(F)cc2)c1. The van der Waals surface area contributed by atoms with Crippen LogP contribution in [0.3, 0.4) is 0 Å². The predicted octanol–water partition coefficient (Wildman–Crippen LogP) is 4.16. The Bertz CT molecular complexity index is 648. The number of benzene rings is 1. The molecular weight excluding hydrogens is 283 g/mol. The smallest absolute Gasteiger partial charge is 0.412 e. The second kappa shape index (κ2) is 6.56. The van der Waals surface area contributed by atoms with Crippen molar-refractivity contribution in [3.8, 4) is 0 Å². The van der Waals surface area contributed by atoms with Gasteiger partial charge in [0.15, 0.2) is 0 Å². The molecule has 1 heterocycles. The van der Waals surface area contributed by atoms with E-state index in [1.807, 2.05) is 0 Å². The van der Waals surface area contributed by atoms with Gasteiger partial charge >= 0.3 is 6.09 Å². The van der Waals surface area contributed by atoms with Gasteiger partial charge in [-0.1, -0.05) is 12.1 Å². The molecule has 0 radical (unpaired) electrons. The van der Waals surface area contributed by atoms with Crippen LogP contribution in [0.15, 0.2) is 42.6 Å². The third-order valence-electron chi connectivity index (χ3n) is 2.76. The maximum absolute atomic E-state index is 12.9. The highest BCUT2D eigenvalue weighted by atomic mass is 19.1. The first-order chi connectivity index (χ1) is 10.3. The van der Waals surface area contributed by atoms with Gasteiger partial charge in [-0.2, -0.15) is 0 Å². The predicted molar refractivity (Wildman–Crippen MR) is 83.3 cm³/mol. The maximum atomic E-state index is 12.9. The molecule has 22 heavy (non-hydrogen) atoms. The van der Waals surface area contributed by atoms with Crippen molar-refractivity contribution in [2.75, 3.05) is 5.32 Å². The number of amides is 1. The van der Waals surface area contributed by atoms with Gasteiger partial charge in [0.05, 0.1) is 0 Å². The van der Waals surface area contributed by atoms with Crippen molar-refractivity contribution in [3.63, 3.8) is 0 Å². The lowest BCUT2D eigenvalue weighted by Crippen LogP contribution is -2.27. The summed E-state index contributed by atoms with van der Waals surface area (Å²) in [5.74, 6) is -0.267. The monoisotopic (exact) mass is 302 g/mol. The third kappa shape index (κ3) is 5.16. The summed E-state index contributed by atoms with van der Waals surface area (Å²) in [6, 6.07) is 9.72. The number of hydrogen-bond donors (Lipinski definition) is 1. The number of halogens is 1. The Kier molecular flexibility index (Phi) is 4.75. The lowest BCUT2D eigenvalue weighted by molar-refractivity contribution is 0.0636. The van der Waals surface area contributed by atoms with E-state index in [9.17, 15) is 9.18 Å². The fraction of sp³-hybridized carbons (Fsp3) is 0.294. The van der Waals surface area contributed by atoms with Crippen molar-refractivity contribution in [1.29, 1.82) is 0 Å². The zero-order valence-electron chi connectivity index (χ0n) is 12.9. The molecule has 1 amide bonds. The molecule has 2 aromatic rings. The van der Waals surface area contributed by atoms with Crippen molar-refractivity contribution in [3.05, 3.63) is 59.7 Å². The van der Waals surface area contributed by atoms with Gasteiger partial charge in [0.2, 0.25) is 0 Å². The molecule has 0 fully saturated rings. The van der Waals surface area contributed by atoms with E-state index in [1.54, 1.807) is 51.2 Å². The van der Waals surface area contributed by atoms with Gasteiger partial charge in [0.25, 0.3) is 0 Å². The molecule has 0 aliphatic rings. The molecule has 4 nitrogen and oxygen atoms in total. The molecule has 0 bridgehead atoms. The molecule has 0 spiro atoms. The number of carbonyl (C=O) groups is 1. The Morgan fingerprint density at radius 1 is 1.23 bits per heavy atom.